The number of nitrogens with zero attached hydrogens (tertiary/aromatic N) is 1. The highest BCUT2D eigenvalue weighted by Crippen LogP contribution is 2.44. The van der Waals surface area contributed by atoms with Gasteiger partial charge in [-0.3, -0.25) is 4.79 Å². The Labute approximate surface area is 151 Å². The molecule has 1 saturated heterocycles. The van der Waals surface area contributed by atoms with Crippen LogP contribution in [-0.4, -0.2) is 47.8 Å². The molecule has 2 atom stereocenters. The number of carboxylic acids is 1. The largest absolute Gasteiger partial charge is 0.481 e. The van der Waals surface area contributed by atoms with Crippen molar-refractivity contribution in [3.8, 4) is 11.1 Å². The highest BCUT2D eigenvalue weighted by atomic mass is 16.6. The lowest BCUT2D eigenvalue weighted by molar-refractivity contribution is -0.141. The highest BCUT2D eigenvalue weighted by molar-refractivity contribution is 5.79. The van der Waals surface area contributed by atoms with Crippen molar-refractivity contribution < 1.29 is 19.4 Å². The minimum absolute atomic E-state index is 0.0158. The lowest BCUT2D eigenvalue weighted by Gasteiger charge is -2.19. The number of carbonyl (C=O) groups excluding carboxylic acids is 1. The van der Waals surface area contributed by atoms with Crippen molar-refractivity contribution in [3.63, 3.8) is 0 Å². The number of carbonyl (C=O) groups is 2. The third kappa shape index (κ3) is 2.72. The van der Waals surface area contributed by atoms with Crippen molar-refractivity contribution in [1.82, 2.24) is 4.90 Å². The molecule has 6 heteroatoms. The smallest absolute Gasteiger partial charge is 0.409 e. The van der Waals surface area contributed by atoms with Crippen LogP contribution in [0.15, 0.2) is 48.5 Å². The van der Waals surface area contributed by atoms with Gasteiger partial charge in [0.2, 0.25) is 0 Å². The first-order valence-corrected chi connectivity index (χ1v) is 8.64. The van der Waals surface area contributed by atoms with Crippen LogP contribution in [0, 0.1) is 5.92 Å². The maximum absolute atomic E-state index is 12.4. The Kier molecular flexibility index (Phi) is 4.12. The van der Waals surface area contributed by atoms with Gasteiger partial charge < -0.3 is 20.5 Å². The number of aliphatic carboxylic acids is 1. The van der Waals surface area contributed by atoms with E-state index in [1.165, 1.54) is 16.0 Å². The van der Waals surface area contributed by atoms with E-state index < -0.39 is 24.0 Å². The second-order valence-electron chi connectivity index (χ2n) is 6.82. The fourth-order valence-electron chi connectivity index (χ4n) is 3.92. The first-order valence-electron chi connectivity index (χ1n) is 8.64. The third-order valence-corrected chi connectivity index (χ3v) is 5.28. The number of carboxylic acid groups (broad SMARTS) is 1. The summed E-state index contributed by atoms with van der Waals surface area (Å²) in [5.74, 6) is -1.74. The summed E-state index contributed by atoms with van der Waals surface area (Å²) in [5.41, 5.74) is 10.4. The van der Waals surface area contributed by atoms with Gasteiger partial charge in [0.1, 0.15) is 6.61 Å². The number of ether oxygens (including phenoxy) is 1. The van der Waals surface area contributed by atoms with Gasteiger partial charge in [-0.25, -0.2) is 4.79 Å². The molecule has 1 aliphatic carbocycles. The topological polar surface area (TPSA) is 92.9 Å². The van der Waals surface area contributed by atoms with Crippen LogP contribution in [0.3, 0.4) is 0 Å². The van der Waals surface area contributed by atoms with Gasteiger partial charge in [-0.05, 0) is 22.3 Å². The van der Waals surface area contributed by atoms with Crippen molar-refractivity contribution in [2.45, 2.75) is 12.0 Å². The summed E-state index contributed by atoms with van der Waals surface area (Å²) in [6, 6.07) is 15.7. The Hall–Kier alpha value is -2.86. The standard InChI is InChI=1S/C20H20N2O4/c21-18-10-22(9-16(18)19(23)24)20(25)26-11-17-14-7-3-1-5-12(14)13-6-2-4-8-15(13)17/h1-8,16-18H,9-11,21H2,(H,23,24)/t16-,18+/m0/s1. The van der Waals surface area contributed by atoms with Gasteiger partial charge in [0, 0.05) is 25.0 Å². The first-order chi connectivity index (χ1) is 12.6. The summed E-state index contributed by atoms with van der Waals surface area (Å²) in [6.45, 7) is 0.511. The SMILES string of the molecule is N[C@@H]1CN(C(=O)OCC2c3ccccc3-c3ccccc32)C[C@@H]1C(=O)O. The molecule has 0 radical (unpaired) electrons. The van der Waals surface area contributed by atoms with Gasteiger partial charge in [-0.1, -0.05) is 48.5 Å². The number of rotatable bonds is 3. The van der Waals surface area contributed by atoms with E-state index in [4.69, 9.17) is 15.6 Å². The van der Waals surface area contributed by atoms with E-state index in [9.17, 15) is 9.59 Å². The van der Waals surface area contributed by atoms with E-state index in [1.54, 1.807) is 0 Å². The first kappa shape index (κ1) is 16.6. The number of nitrogens with two attached hydrogens (primary N) is 1. The second-order valence-corrected chi connectivity index (χ2v) is 6.82. The van der Waals surface area contributed by atoms with Gasteiger partial charge >= 0.3 is 12.1 Å². The zero-order valence-corrected chi connectivity index (χ0v) is 14.2. The van der Waals surface area contributed by atoms with Crippen LogP contribution in [0.4, 0.5) is 4.79 Å². The molecule has 2 aromatic rings. The Morgan fingerprint density at radius 3 is 2.15 bits per heavy atom. The molecule has 0 saturated carbocycles. The molecule has 2 aliphatic rings. The van der Waals surface area contributed by atoms with Crippen LogP contribution >= 0.6 is 0 Å². The fraction of sp³-hybridized carbons (Fsp3) is 0.300. The van der Waals surface area contributed by atoms with Crippen LogP contribution in [0.25, 0.3) is 11.1 Å². The molecule has 134 valence electrons. The maximum Gasteiger partial charge on any atom is 0.409 e. The van der Waals surface area contributed by atoms with Crippen molar-refractivity contribution in [2.24, 2.45) is 11.7 Å². The average Bonchev–Trinajstić information content (AvgIpc) is 3.18. The zero-order chi connectivity index (χ0) is 18.3. The molecule has 0 spiro atoms. The van der Waals surface area contributed by atoms with E-state index in [-0.39, 0.29) is 25.6 Å². The molecule has 3 N–H and O–H groups in total. The van der Waals surface area contributed by atoms with Crippen LogP contribution in [0.1, 0.15) is 17.0 Å². The van der Waals surface area contributed by atoms with Crippen molar-refractivity contribution in [2.75, 3.05) is 19.7 Å². The normalized spacial score (nSPS) is 21.3. The molecule has 4 rings (SSSR count). The van der Waals surface area contributed by atoms with Crippen molar-refractivity contribution >= 4 is 12.1 Å². The van der Waals surface area contributed by atoms with Crippen LogP contribution in [-0.2, 0) is 9.53 Å². The van der Waals surface area contributed by atoms with Crippen LogP contribution < -0.4 is 5.73 Å². The Balaban J connectivity index is 1.49. The van der Waals surface area contributed by atoms with Crippen molar-refractivity contribution in [3.05, 3.63) is 59.7 Å². The number of hydrogen-bond donors (Lipinski definition) is 2. The molecule has 0 unspecified atom stereocenters. The minimum Gasteiger partial charge on any atom is -0.481 e. The summed E-state index contributed by atoms with van der Waals surface area (Å²) >= 11 is 0. The monoisotopic (exact) mass is 352 g/mol. The van der Waals surface area contributed by atoms with Gasteiger partial charge in [0.25, 0.3) is 0 Å². The summed E-state index contributed by atoms with van der Waals surface area (Å²) < 4.78 is 5.54. The third-order valence-electron chi connectivity index (χ3n) is 5.28. The number of hydrogen-bond acceptors (Lipinski definition) is 4. The number of fused-ring (bicyclic) bond motifs is 3. The predicted molar refractivity (Wildman–Crippen MR) is 95.7 cm³/mol. The number of benzene rings is 2. The molecule has 0 aromatic heterocycles. The molecular weight excluding hydrogens is 332 g/mol. The van der Waals surface area contributed by atoms with Gasteiger partial charge in [0.15, 0.2) is 0 Å². The minimum atomic E-state index is -0.980. The van der Waals surface area contributed by atoms with E-state index in [2.05, 4.69) is 24.3 Å². The summed E-state index contributed by atoms with van der Waals surface area (Å²) in [7, 11) is 0. The van der Waals surface area contributed by atoms with E-state index >= 15 is 0 Å². The molecule has 6 nitrogen and oxygen atoms in total. The van der Waals surface area contributed by atoms with E-state index in [0.717, 1.165) is 11.1 Å². The average molecular weight is 352 g/mol. The zero-order valence-electron chi connectivity index (χ0n) is 14.2. The lowest BCUT2D eigenvalue weighted by atomic mass is 9.98. The second kappa shape index (κ2) is 6.46. The Morgan fingerprint density at radius 1 is 1.04 bits per heavy atom. The number of amides is 1. The molecule has 2 aromatic carbocycles. The van der Waals surface area contributed by atoms with E-state index in [0.29, 0.717) is 0 Å². The van der Waals surface area contributed by atoms with Crippen LogP contribution in [0.2, 0.25) is 0 Å². The Morgan fingerprint density at radius 2 is 1.62 bits per heavy atom. The molecule has 1 heterocycles. The molecule has 1 amide bonds. The summed E-state index contributed by atoms with van der Waals surface area (Å²) in [6.07, 6.45) is -0.508. The number of likely N-dealkylation sites (tertiary alicyclic amines) is 1. The van der Waals surface area contributed by atoms with Crippen molar-refractivity contribution in [1.29, 1.82) is 0 Å². The molecule has 1 fully saturated rings. The fourth-order valence-corrected chi connectivity index (χ4v) is 3.92. The van der Waals surface area contributed by atoms with Crippen LogP contribution in [0.5, 0.6) is 0 Å². The molecule has 26 heavy (non-hydrogen) atoms. The summed E-state index contributed by atoms with van der Waals surface area (Å²) in [5, 5.41) is 9.15. The van der Waals surface area contributed by atoms with E-state index in [1.807, 2.05) is 24.3 Å². The molecular formula is C20H20N2O4. The van der Waals surface area contributed by atoms with Gasteiger partial charge in [-0.2, -0.15) is 0 Å². The predicted octanol–water partition coefficient (Wildman–Crippen LogP) is 2.28. The Bertz CT molecular complexity index is 821. The summed E-state index contributed by atoms with van der Waals surface area (Å²) in [4.78, 5) is 24.9. The van der Waals surface area contributed by atoms with Gasteiger partial charge in [-0.15, -0.1) is 0 Å². The van der Waals surface area contributed by atoms with Gasteiger partial charge in [0.05, 0.1) is 5.92 Å². The quantitative estimate of drug-likeness (QED) is 0.884. The molecule has 0 bridgehead atoms. The highest BCUT2D eigenvalue weighted by Gasteiger charge is 2.38. The molecule has 1 aliphatic heterocycles. The lowest BCUT2D eigenvalue weighted by Crippen LogP contribution is -2.34. The maximum atomic E-state index is 12.4.